The number of amides is 1. The van der Waals surface area contributed by atoms with Crippen molar-refractivity contribution in [2.75, 3.05) is 30.9 Å². The summed E-state index contributed by atoms with van der Waals surface area (Å²) in [5.74, 6) is 0.296. The fourth-order valence-electron chi connectivity index (χ4n) is 2.62. The highest BCUT2D eigenvalue weighted by atomic mass is 35.5. The minimum atomic E-state index is -0.232. The molecule has 0 aliphatic rings. The van der Waals surface area contributed by atoms with Crippen LogP contribution in [0.25, 0.3) is 10.9 Å². The van der Waals surface area contributed by atoms with Gasteiger partial charge in [0.05, 0.1) is 5.02 Å². The van der Waals surface area contributed by atoms with E-state index in [1.165, 1.54) is 0 Å². The summed E-state index contributed by atoms with van der Waals surface area (Å²) in [6, 6.07) is 13.0. The van der Waals surface area contributed by atoms with Gasteiger partial charge in [-0.25, -0.2) is 0 Å². The molecule has 6 heteroatoms. The van der Waals surface area contributed by atoms with Crippen LogP contribution >= 0.6 is 11.6 Å². The van der Waals surface area contributed by atoms with Crippen LogP contribution in [0.15, 0.2) is 48.7 Å². The number of aromatic nitrogens is 1. The van der Waals surface area contributed by atoms with Gasteiger partial charge >= 0.3 is 0 Å². The number of hydrogen-bond acceptors (Lipinski definition) is 4. The summed E-state index contributed by atoms with van der Waals surface area (Å²) in [5.41, 5.74) is 3.47. The maximum absolute atomic E-state index is 12.3. The van der Waals surface area contributed by atoms with E-state index in [1.807, 2.05) is 56.3 Å². The van der Waals surface area contributed by atoms with E-state index >= 15 is 0 Å². The smallest absolute Gasteiger partial charge is 0.262 e. The minimum absolute atomic E-state index is 0.109. The molecule has 0 saturated carbocycles. The molecule has 26 heavy (non-hydrogen) atoms. The van der Waals surface area contributed by atoms with Crippen molar-refractivity contribution < 1.29 is 9.53 Å². The second-order valence-electron chi connectivity index (χ2n) is 6.18. The van der Waals surface area contributed by atoms with Gasteiger partial charge in [-0.1, -0.05) is 11.6 Å². The molecule has 0 fully saturated rings. The Balaban J connectivity index is 1.69. The molecule has 0 unspecified atom stereocenters. The first-order valence-corrected chi connectivity index (χ1v) is 8.57. The van der Waals surface area contributed by atoms with Gasteiger partial charge in [0.1, 0.15) is 11.3 Å². The standard InChI is InChI=1S/C20H20ClN3O2/c1-13-11-14(24(2)3)6-8-17(13)23-19(25)12-26-18-9-7-16(21)15-5-4-10-22-20(15)18/h4-11H,12H2,1-3H3,(H,23,25). The molecule has 1 N–H and O–H groups in total. The number of ether oxygens (including phenoxy) is 1. The van der Waals surface area contributed by atoms with Gasteiger partial charge in [0.2, 0.25) is 0 Å². The average Bonchev–Trinajstić information content (AvgIpc) is 2.63. The Morgan fingerprint density at radius 2 is 2.04 bits per heavy atom. The summed E-state index contributed by atoms with van der Waals surface area (Å²) in [5, 5.41) is 4.27. The van der Waals surface area contributed by atoms with Crippen LogP contribution in [0, 0.1) is 6.92 Å². The van der Waals surface area contributed by atoms with Crippen LogP contribution < -0.4 is 15.0 Å². The lowest BCUT2D eigenvalue weighted by Gasteiger charge is -2.16. The van der Waals surface area contributed by atoms with E-state index in [1.54, 1.807) is 18.3 Å². The lowest BCUT2D eigenvalue weighted by Crippen LogP contribution is -2.21. The summed E-state index contributed by atoms with van der Waals surface area (Å²) in [4.78, 5) is 18.6. The Labute approximate surface area is 157 Å². The Morgan fingerprint density at radius 3 is 2.77 bits per heavy atom. The molecule has 3 aromatic rings. The lowest BCUT2D eigenvalue weighted by atomic mass is 10.1. The largest absolute Gasteiger partial charge is 0.481 e. The molecule has 0 radical (unpaired) electrons. The molecule has 3 rings (SSSR count). The highest BCUT2D eigenvalue weighted by Gasteiger charge is 2.10. The van der Waals surface area contributed by atoms with Gasteiger partial charge < -0.3 is 15.0 Å². The van der Waals surface area contributed by atoms with Crippen molar-refractivity contribution in [2.45, 2.75) is 6.92 Å². The second kappa shape index (κ2) is 7.62. The topological polar surface area (TPSA) is 54.5 Å². The van der Waals surface area contributed by atoms with Crippen LogP contribution in [-0.4, -0.2) is 31.6 Å². The van der Waals surface area contributed by atoms with E-state index < -0.39 is 0 Å². The van der Waals surface area contributed by atoms with Crippen LogP contribution in [-0.2, 0) is 4.79 Å². The van der Waals surface area contributed by atoms with Gasteiger partial charge in [0, 0.05) is 37.1 Å². The number of nitrogens with one attached hydrogen (secondary N) is 1. The predicted octanol–water partition coefficient (Wildman–Crippen LogP) is 4.28. The summed E-state index contributed by atoms with van der Waals surface area (Å²) in [6.07, 6.45) is 1.67. The van der Waals surface area contributed by atoms with Crippen molar-refractivity contribution in [3.63, 3.8) is 0 Å². The molecule has 0 aliphatic heterocycles. The first-order valence-electron chi connectivity index (χ1n) is 8.19. The third-order valence-corrected chi connectivity index (χ3v) is 4.37. The van der Waals surface area contributed by atoms with Crippen LogP contribution in [0.5, 0.6) is 5.75 Å². The number of aryl methyl sites for hydroxylation is 1. The maximum atomic E-state index is 12.3. The normalized spacial score (nSPS) is 10.6. The molecule has 1 aromatic heterocycles. The second-order valence-corrected chi connectivity index (χ2v) is 6.58. The number of carbonyl (C=O) groups is 1. The van der Waals surface area contributed by atoms with E-state index in [9.17, 15) is 4.79 Å². The van der Waals surface area contributed by atoms with Crippen LogP contribution in [0.1, 0.15) is 5.56 Å². The summed E-state index contributed by atoms with van der Waals surface area (Å²) >= 11 is 6.17. The molecule has 0 spiro atoms. The van der Waals surface area contributed by atoms with Crippen molar-refractivity contribution in [1.29, 1.82) is 0 Å². The third kappa shape index (κ3) is 3.89. The number of rotatable bonds is 5. The van der Waals surface area contributed by atoms with Gasteiger partial charge in [-0.05, 0) is 55.0 Å². The summed E-state index contributed by atoms with van der Waals surface area (Å²) < 4.78 is 5.67. The number of nitrogens with zero attached hydrogens (tertiary/aromatic N) is 2. The fourth-order valence-corrected chi connectivity index (χ4v) is 2.84. The molecule has 0 aliphatic carbocycles. The molecular formula is C20H20ClN3O2. The maximum Gasteiger partial charge on any atom is 0.262 e. The molecule has 1 heterocycles. The number of benzene rings is 2. The third-order valence-electron chi connectivity index (χ3n) is 4.04. The molecular weight excluding hydrogens is 350 g/mol. The van der Waals surface area contributed by atoms with Gasteiger partial charge in [0.25, 0.3) is 5.91 Å². The van der Waals surface area contributed by atoms with Gasteiger partial charge in [0.15, 0.2) is 6.61 Å². The zero-order chi connectivity index (χ0) is 18.7. The minimum Gasteiger partial charge on any atom is -0.481 e. The number of carbonyl (C=O) groups excluding carboxylic acids is 1. The lowest BCUT2D eigenvalue weighted by molar-refractivity contribution is -0.118. The Bertz CT molecular complexity index is 957. The van der Waals surface area contributed by atoms with E-state index in [-0.39, 0.29) is 12.5 Å². The molecule has 0 atom stereocenters. The van der Waals surface area contributed by atoms with Crippen LogP contribution in [0.2, 0.25) is 5.02 Å². The molecule has 1 amide bonds. The molecule has 0 saturated heterocycles. The highest BCUT2D eigenvalue weighted by molar-refractivity contribution is 6.35. The summed E-state index contributed by atoms with van der Waals surface area (Å²) in [6.45, 7) is 1.85. The molecule has 5 nitrogen and oxygen atoms in total. The SMILES string of the molecule is Cc1cc(N(C)C)ccc1NC(=O)COc1ccc(Cl)c2cccnc12. The van der Waals surface area contributed by atoms with Crippen molar-refractivity contribution >= 4 is 39.8 Å². The monoisotopic (exact) mass is 369 g/mol. The van der Waals surface area contributed by atoms with Crippen molar-refractivity contribution in [3.05, 3.63) is 59.2 Å². The van der Waals surface area contributed by atoms with Crippen LogP contribution in [0.3, 0.4) is 0 Å². The number of hydrogen-bond donors (Lipinski definition) is 1. The van der Waals surface area contributed by atoms with Crippen molar-refractivity contribution in [3.8, 4) is 5.75 Å². The quantitative estimate of drug-likeness (QED) is 0.729. The molecule has 2 aromatic carbocycles. The Kier molecular flexibility index (Phi) is 5.28. The number of fused-ring (bicyclic) bond motifs is 1. The predicted molar refractivity (Wildman–Crippen MR) is 106 cm³/mol. The van der Waals surface area contributed by atoms with Gasteiger partial charge in [-0.3, -0.25) is 9.78 Å². The average molecular weight is 370 g/mol. The molecule has 134 valence electrons. The van der Waals surface area contributed by atoms with Gasteiger partial charge in [-0.15, -0.1) is 0 Å². The zero-order valence-corrected chi connectivity index (χ0v) is 15.7. The fraction of sp³-hybridized carbons (Fsp3) is 0.200. The van der Waals surface area contributed by atoms with E-state index in [4.69, 9.17) is 16.3 Å². The van der Waals surface area contributed by atoms with E-state index in [0.717, 1.165) is 22.3 Å². The summed E-state index contributed by atoms with van der Waals surface area (Å²) in [7, 11) is 3.96. The van der Waals surface area contributed by atoms with Crippen molar-refractivity contribution in [1.82, 2.24) is 4.98 Å². The first kappa shape index (κ1) is 18.0. The van der Waals surface area contributed by atoms with E-state index in [2.05, 4.69) is 10.3 Å². The van der Waals surface area contributed by atoms with Gasteiger partial charge in [-0.2, -0.15) is 0 Å². The number of pyridine rings is 1. The molecule has 0 bridgehead atoms. The zero-order valence-electron chi connectivity index (χ0n) is 14.9. The van der Waals surface area contributed by atoms with Crippen LogP contribution in [0.4, 0.5) is 11.4 Å². The van der Waals surface area contributed by atoms with Crippen molar-refractivity contribution in [2.24, 2.45) is 0 Å². The number of anilines is 2. The first-order chi connectivity index (χ1) is 12.5. The number of halogens is 1. The van der Waals surface area contributed by atoms with E-state index in [0.29, 0.717) is 16.3 Å². The Hall–Kier alpha value is -2.79. The highest BCUT2D eigenvalue weighted by Crippen LogP contribution is 2.29. The Morgan fingerprint density at radius 1 is 1.23 bits per heavy atom.